The first-order valence-electron chi connectivity index (χ1n) is 8.19. The number of nitrogens with one attached hydrogen (secondary N) is 1. The van der Waals surface area contributed by atoms with E-state index in [2.05, 4.69) is 25.6 Å². The first-order chi connectivity index (χ1) is 13.7. The molecule has 2 heterocycles. The molecule has 0 atom stereocenters. The van der Waals surface area contributed by atoms with Crippen LogP contribution in [0.25, 0.3) is 33.3 Å². The van der Waals surface area contributed by atoms with E-state index in [1.165, 1.54) is 6.07 Å². The Bertz CT molecular complexity index is 1310. The van der Waals surface area contributed by atoms with Crippen LogP contribution < -0.4 is 0 Å². The zero-order valence-corrected chi connectivity index (χ0v) is 15.6. The molecule has 148 valence electrons. The number of nitrogens with zero attached hydrogens (tertiary/aromatic N) is 4. The van der Waals surface area contributed by atoms with Crippen LogP contribution in [0.15, 0.2) is 53.7 Å². The third-order valence-corrected chi connectivity index (χ3v) is 5.54. The maximum absolute atomic E-state index is 13.7. The smallest absolute Gasteiger partial charge is 0.264 e. The summed E-state index contributed by atoms with van der Waals surface area (Å²) in [5.41, 5.74) is -0.800. The standard InChI is InChI=1S/C18H12F3N5O2S/c1-29(27,28)16-14(18(19,20)21)6-5-13(15(16)17-23-25-26-24-17)12-4-2-3-10-9-22-8-7-11(10)12/h2-9H,1H3,(H,23,24,25,26). The van der Waals surface area contributed by atoms with Gasteiger partial charge in [-0.2, -0.15) is 18.4 Å². The van der Waals surface area contributed by atoms with Crippen LogP contribution >= 0.6 is 0 Å². The molecule has 0 radical (unpaired) electrons. The second-order valence-electron chi connectivity index (χ2n) is 6.27. The summed E-state index contributed by atoms with van der Waals surface area (Å²) in [6.45, 7) is 0. The first kappa shape index (κ1) is 19.0. The number of halogens is 3. The number of hydrogen-bond donors (Lipinski definition) is 1. The van der Waals surface area contributed by atoms with E-state index in [0.717, 1.165) is 17.7 Å². The summed E-state index contributed by atoms with van der Waals surface area (Å²) in [6.07, 6.45) is -1.02. The molecule has 0 unspecified atom stereocenters. The Morgan fingerprint density at radius 3 is 2.48 bits per heavy atom. The summed E-state index contributed by atoms with van der Waals surface area (Å²) in [5.74, 6) is -0.252. The normalized spacial score (nSPS) is 12.4. The minimum Gasteiger partial charge on any atom is -0.264 e. The van der Waals surface area contributed by atoms with Gasteiger partial charge in [-0.05, 0) is 33.9 Å². The molecule has 0 saturated heterocycles. The van der Waals surface area contributed by atoms with Crippen LogP contribution in [0.5, 0.6) is 0 Å². The van der Waals surface area contributed by atoms with E-state index in [1.807, 2.05) is 0 Å². The number of H-pyrrole nitrogens is 1. The van der Waals surface area contributed by atoms with E-state index in [4.69, 9.17) is 0 Å². The lowest BCUT2D eigenvalue weighted by Crippen LogP contribution is -2.15. The van der Waals surface area contributed by atoms with Crippen molar-refractivity contribution in [3.8, 4) is 22.5 Å². The Labute approximate surface area is 162 Å². The molecule has 0 aliphatic carbocycles. The maximum Gasteiger partial charge on any atom is 0.417 e. The van der Waals surface area contributed by atoms with E-state index in [9.17, 15) is 21.6 Å². The summed E-state index contributed by atoms with van der Waals surface area (Å²) >= 11 is 0. The third kappa shape index (κ3) is 3.33. The number of alkyl halides is 3. The predicted octanol–water partition coefficient (Wildman–Crippen LogP) is 3.50. The largest absolute Gasteiger partial charge is 0.417 e. The molecule has 0 amide bonds. The molecule has 0 aliphatic heterocycles. The van der Waals surface area contributed by atoms with Crippen molar-refractivity contribution in [1.82, 2.24) is 25.6 Å². The quantitative estimate of drug-likeness (QED) is 0.545. The van der Waals surface area contributed by atoms with Crippen LogP contribution in [-0.4, -0.2) is 40.3 Å². The lowest BCUT2D eigenvalue weighted by molar-refractivity contribution is -0.139. The number of tetrazole rings is 1. The number of fused-ring (bicyclic) bond motifs is 1. The number of pyridine rings is 1. The lowest BCUT2D eigenvalue weighted by atomic mass is 9.93. The molecule has 11 heteroatoms. The Morgan fingerprint density at radius 1 is 1.03 bits per heavy atom. The van der Waals surface area contributed by atoms with Crippen LogP contribution in [0.3, 0.4) is 0 Å². The first-order valence-corrected chi connectivity index (χ1v) is 10.1. The molecule has 4 rings (SSSR count). The van der Waals surface area contributed by atoms with Gasteiger partial charge in [-0.25, -0.2) is 8.42 Å². The van der Waals surface area contributed by atoms with E-state index < -0.39 is 26.5 Å². The predicted molar refractivity (Wildman–Crippen MR) is 98.5 cm³/mol. The van der Waals surface area contributed by atoms with E-state index in [-0.39, 0.29) is 17.0 Å². The Kier molecular flexibility index (Phi) is 4.34. The Hall–Kier alpha value is -3.34. The van der Waals surface area contributed by atoms with Crippen molar-refractivity contribution in [2.75, 3.05) is 6.26 Å². The van der Waals surface area contributed by atoms with Gasteiger partial charge in [0.2, 0.25) is 5.82 Å². The zero-order chi connectivity index (χ0) is 20.8. The van der Waals surface area contributed by atoms with Crippen molar-refractivity contribution in [2.45, 2.75) is 11.1 Å². The second-order valence-corrected chi connectivity index (χ2v) is 8.23. The highest BCUT2D eigenvalue weighted by atomic mass is 32.2. The fourth-order valence-electron chi connectivity index (χ4n) is 3.26. The second kappa shape index (κ2) is 6.62. The van der Waals surface area contributed by atoms with Gasteiger partial charge < -0.3 is 0 Å². The molecule has 2 aromatic carbocycles. The molecular formula is C18H12F3N5O2S. The summed E-state index contributed by atoms with van der Waals surface area (Å²) in [7, 11) is -4.31. The van der Waals surface area contributed by atoms with Crippen molar-refractivity contribution in [3.05, 3.63) is 54.4 Å². The molecule has 1 N–H and O–H groups in total. The zero-order valence-electron chi connectivity index (χ0n) is 14.8. The average Bonchev–Trinajstić information content (AvgIpc) is 3.19. The summed E-state index contributed by atoms with van der Waals surface area (Å²) in [5, 5.41) is 14.5. The molecule has 4 aromatic rings. The molecule has 0 aliphatic rings. The van der Waals surface area contributed by atoms with Gasteiger partial charge in [0, 0.05) is 24.0 Å². The maximum atomic E-state index is 13.7. The lowest BCUT2D eigenvalue weighted by Gasteiger charge is -2.18. The Morgan fingerprint density at radius 2 is 1.83 bits per heavy atom. The summed E-state index contributed by atoms with van der Waals surface area (Å²) in [4.78, 5) is 3.15. The van der Waals surface area contributed by atoms with Gasteiger partial charge in [0.15, 0.2) is 9.84 Å². The molecule has 29 heavy (non-hydrogen) atoms. The van der Waals surface area contributed by atoms with E-state index in [1.54, 1.807) is 36.7 Å². The van der Waals surface area contributed by atoms with Gasteiger partial charge in [0.25, 0.3) is 0 Å². The Balaban J connectivity index is 2.19. The van der Waals surface area contributed by atoms with Crippen LogP contribution in [0.4, 0.5) is 13.2 Å². The van der Waals surface area contributed by atoms with E-state index in [0.29, 0.717) is 10.9 Å². The van der Waals surface area contributed by atoms with Crippen LogP contribution in [0, 0.1) is 0 Å². The van der Waals surface area contributed by atoms with Crippen LogP contribution in [-0.2, 0) is 16.0 Å². The third-order valence-electron chi connectivity index (χ3n) is 4.37. The van der Waals surface area contributed by atoms with Crippen LogP contribution in [0.2, 0.25) is 0 Å². The number of hydrogen-bond acceptors (Lipinski definition) is 6. The monoisotopic (exact) mass is 419 g/mol. The van der Waals surface area contributed by atoms with Crippen molar-refractivity contribution < 1.29 is 21.6 Å². The summed E-state index contributed by atoms with van der Waals surface area (Å²) < 4.78 is 65.9. The molecule has 0 fully saturated rings. The number of sulfone groups is 1. The number of rotatable bonds is 3. The highest BCUT2D eigenvalue weighted by Crippen LogP contribution is 2.44. The fourth-order valence-corrected chi connectivity index (χ4v) is 4.42. The molecule has 0 spiro atoms. The van der Waals surface area contributed by atoms with Gasteiger partial charge in [-0.3, -0.25) is 4.98 Å². The minimum atomic E-state index is -4.89. The van der Waals surface area contributed by atoms with Gasteiger partial charge >= 0.3 is 6.18 Å². The molecule has 2 aromatic heterocycles. The minimum absolute atomic E-state index is 0.233. The molecule has 7 nitrogen and oxygen atoms in total. The van der Waals surface area contributed by atoms with Gasteiger partial charge in [0.1, 0.15) is 0 Å². The van der Waals surface area contributed by atoms with Gasteiger partial charge in [0.05, 0.1) is 16.0 Å². The van der Waals surface area contributed by atoms with Crippen molar-refractivity contribution >= 4 is 20.6 Å². The van der Waals surface area contributed by atoms with Crippen molar-refractivity contribution in [3.63, 3.8) is 0 Å². The molecular weight excluding hydrogens is 407 g/mol. The highest BCUT2D eigenvalue weighted by molar-refractivity contribution is 7.91. The average molecular weight is 419 g/mol. The van der Waals surface area contributed by atoms with Crippen molar-refractivity contribution in [1.29, 1.82) is 0 Å². The molecule has 0 bridgehead atoms. The topological polar surface area (TPSA) is 101 Å². The summed E-state index contributed by atoms with van der Waals surface area (Å²) in [6, 6.07) is 8.86. The van der Waals surface area contributed by atoms with Crippen LogP contribution in [0.1, 0.15) is 5.56 Å². The highest BCUT2D eigenvalue weighted by Gasteiger charge is 2.39. The van der Waals surface area contributed by atoms with Gasteiger partial charge in [-0.1, -0.05) is 24.3 Å². The number of aromatic nitrogens is 5. The van der Waals surface area contributed by atoms with E-state index >= 15 is 0 Å². The SMILES string of the molecule is CS(=O)(=O)c1c(C(F)(F)F)ccc(-c2cccc3cnccc23)c1-c1nn[nH]n1. The van der Waals surface area contributed by atoms with Crippen molar-refractivity contribution in [2.24, 2.45) is 0 Å². The number of aromatic amines is 1. The molecule has 0 saturated carbocycles. The van der Waals surface area contributed by atoms with Gasteiger partial charge in [-0.15, -0.1) is 10.2 Å². The fraction of sp³-hybridized carbons (Fsp3) is 0.111. The number of benzene rings is 2.